The summed E-state index contributed by atoms with van der Waals surface area (Å²) in [6.07, 6.45) is 3.50. The van der Waals surface area contributed by atoms with Gasteiger partial charge in [-0.2, -0.15) is 0 Å². The maximum atomic E-state index is 3.78. The van der Waals surface area contributed by atoms with Crippen LogP contribution in [0.3, 0.4) is 0 Å². The molecule has 1 nitrogen and oxygen atoms in total. The summed E-state index contributed by atoms with van der Waals surface area (Å²) >= 11 is 0. The Morgan fingerprint density at radius 2 is 0.857 bits per heavy atom. The van der Waals surface area contributed by atoms with Crippen molar-refractivity contribution in [1.82, 2.24) is 4.98 Å². The van der Waals surface area contributed by atoms with Gasteiger partial charge in [0.1, 0.15) is 0 Å². The fraction of sp³-hybridized carbons (Fsp3) is 0. The quantitative estimate of drug-likeness (QED) is 0.390. The molecule has 3 aromatic carbocycles. The van der Waals surface area contributed by atoms with Crippen molar-refractivity contribution in [1.29, 1.82) is 0 Å². The Bertz CT molecular complexity index is 681. The van der Waals surface area contributed by atoms with E-state index in [1.165, 1.54) is 21.5 Å². The van der Waals surface area contributed by atoms with E-state index >= 15 is 0 Å². The molecule has 0 aliphatic heterocycles. The van der Waals surface area contributed by atoms with E-state index in [4.69, 9.17) is 0 Å². The monoisotopic (exact) mass is 293 g/mol. The van der Waals surface area contributed by atoms with Crippen molar-refractivity contribution in [2.75, 3.05) is 0 Å². The molecule has 0 unspecified atom stereocenters. The second-order valence-corrected chi connectivity index (χ2v) is 4.57. The van der Waals surface area contributed by atoms with Gasteiger partial charge in [0.15, 0.2) is 0 Å². The van der Waals surface area contributed by atoms with Gasteiger partial charge in [-0.15, -0.1) is 12.4 Å². The van der Waals surface area contributed by atoms with Crippen LogP contribution in [0.15, 0.2) is 91.3 Å². The smallest absolute Gasteiger partial charge is 0.0267 e. The number of rotatable bonds is 0. The second-order valence-electron chi connectivity index (χ2n) is 4.57. The zero-order chi connectivity index (χ0) is 13.6. The third-order valence-corrected chi connectivity index (χ3v) is 3.18. The van der Waals surface area contributed by atoms with Gasteiger partial charge in [0.25, 0.3) is 0 Å². The van der Waals surface area contributed by atoms with Gasteiger partial charge >= 0.3 is 0 Å². The molecule has 0 bridgehead atoms. The van der Waals surface area contributed by atoms with Crippen molar-refractivity contribution in [3.63, 3.8) is 0 Å². The predicted molar refractivity (Wildman–Crippen MR) is 92.9 cm³/mol. The van der Waals surface area contributed by atoms with Gasteiger partial charge in [-0.05, 0) is 45.8 Å². The Morgan fingerprint density at radius 3 is 1.10 bits per heavy atom. The summed E-state index contributed by atoms with van der Waals surface area (Å²) < 4.78 is 0. The van der Waals surface area contributed by atoms with Crippen molar-refractivity contribution in [3.8, 4) is 0 Å². The van der Waals surface area contributed by atoms with Gasteiger partial charge in [-0.3, -0.25) is 4.98 Å². The first-order chi connectivity index (χ1) is 9.93. The molecule has 0 atom stereocenters. The third-order valence-electron chi connectivity index (χ3n) is 3.18. The zero-order valence-electron chi connectivity index (χ0n) is 11.5. The predicted octanol–water partition coefficient (Wildman–Crippen LogP) is 5.50. The molecule has 0 amide bonds. The maximum absolute atomic E-state index is 3.78. The van der Waals surface area contributed by atoms with Crippen molar-refractivity contribution in [2.45, 2.75) is 0 Å². The molecule has 0 saturated heterocycles. The van der Waals surface area contributed by atoms with Gasteiger partial charge < -0.3 is 0 Å². The maximum Gasteiger partial charge on any atom is 0.0267 e. The largest absolute Gasteiger partial charge is 0.265 e. The number of hydrogen-bond acceptors (Lipinski definition) is 1. The molecule has 0 radical (unpaired) electrons. The van der Waals surface area contributed by atoms with Crippen LogP contribution in [0.25, 0.3) is 21.5 Å². The lowest BCUT2D eigenvalue weighted by Crippen LogP contribution is -1.74. The van der Waals surface area contributed by atoms with Crippen molar-refractivity contribution >= 4 is 34.0 Å². The highest BCUT2D eigenvalue weighted by molar-refractivity contribution is 5.98. The van der Waals surface area contributed by atoms with Crippen LogP contribution in [0, 0.1) is 0 Å². The van der Waals surface area contributed by atoms with Crippen LogP contribution >= 0.6 is 12.4 Å². The standard InChI is InChI=1S/C14H10.C5H5N.ClH/c1-2-6-12-10-14-8-4-3-7-13(14)9-11(12)5-1;1-2-4-6-5-3-1;/h1-10H;1-5H;1H. The van der Waals surface area contributed by atoms with E-state index in [0.717, 1.165) is 0 Å². The fourth-order valence-electron chi connectivity index (χ4n) is 2.20. The van der Waals surface area contributed by atoms with Crippen LogP contribution < -0.4 is 0 Å². The van der Waals surface area contributed by atoms with Crippen LogP contribution in [-0.2, 0) is 0 Å². The number of fused-ring (bicyclic) bond motifs is 2. The first kappa shape index (κ1) is 15.0. The molecule has 0 fully saturated rings. The van der Waals surface area contributed by atoms with E-state index in [0.29, 0.717) is 0 Å². The number of pyridine rings is 1. The van der Waals surface area contributed by atoms with E-state index < -0.39 is 0 Å². The molecule has 1 aromatic heterocycles. The summed E-state index contributed by atoms with van der Waals surface area (Å²) in [5, 5.41) is 5.25. The lowest BCUT2D eigenvalue weighted by atomic mass is 10.0. The molecular weight excluding hydrogens is 278 g/mol. The molecule has 0 spiro atoms. The highest BCUT2D eigenvalue weighted by atomic mass is 35.5. The van der Waals surface area contributed by atoms with Crippen LogP contribution in [0.1, 0.15) is 0 Å². The van der Waals surface area contributed by atoms with E-state index in [-0.39, 0.29) is 12.4 Å². The first-order valence-electron chi connectivity index (χ1n) is 6.66. The van der Waals surface area contributed by atoms with Gasteiger partial charge in [-0.25, -0.2) is 0 Å². The van der Waals surface area contributed by atoms with Crippen molar-refractivity contribution in [2.24, 2.45) is 0 Å². The highest BCUT2D eigenvalue weighted by Gasteiger charge is 1.95. The molecule has 21 heavy (non-hydrogen) atoms. The number of hydrogen-bond donors (Lipinski definition) is 0. The Balaban J connectivity index is 0.000000197. The Labute approximate surface area is 130 Å². The summed E-state index contributed by atoms with van der Waals surface area (Å²) in [5.74, 6) is 0. The van der Waals surface area contributed by atoms with Crippen LogP contribution in [-0.4, -0.2) is 4.98 Å². The SMILES string of the molecule is Cl.c1ccc2cc3ccccc3cc2c1.c1ccncc1. The lowest BCUT2D eigenvalue weighted by Gasteiger charge is -2.00. The molecule has 2 heteroatoms. The van der Waals surface area contributed by atoms with Crippen LogP contribution in [0.5, 0.6) is 0 Å². The minimum Gasteiger partial charge on any atom is -0.265 e. The molecule has 0 aliphatic carbocycles. The molecule has 4 rings (SSSR count). The second kappa shape index (κ2) is 7.41. The number of aromatic nitrogens is 1. The van der Waals surface area contributed by atoms with Crippen LogP contribution in [0.4, 0.5) is 0 Å². The fourth-order valence-corrected chi connectivity index (χ4v) is 2.20. The average molecular weight is 294 g/mol. The van der Waals surface area contributed by atoms with Gasteiger partial charge in [0.2, 0.25) is 0 Å². The third kappa shape index (κ3) is 3.80. The minimum absolute atomic E-state index is 0. The topological polar surface area (TPSA) is 12.9 Å². The summed E-state index contributed by atoms with van der Waals surface area (Å²) in [7, 11) is 0. The molecule has 0 N–H and O–H groups in total. The Morgan fingerprint density at radius 1 is 0.476 bits per heavy atom. The van der Waals surface area contributed by atoms with E-state index in [2.05, 4.69) is 65.6 Å². The summed E-state index contributed by atoms with van der Waals surface area (Å²) in [6.45, 7) is 0. The van der Waals surface area contributed by atoms with E-state index in [9.17, 15) is 0 Å². The lowest BCUT2D eigenvalue weighted by molar-refractivity contribution is 1.33. The Kier molecular flexibility index (Phi) is 5.30. The van der Waals surface area contributed by atoms with E-state index in [1.54, 1.807) is 12.4 Å². The average Bonchev–Trinajstić information content (AvgIpc) is 2.55. The number of halogens is 1. The van der Waals surface area contributed by atoms with Gasteiger partial charge in [0, 0.05) is 12.4 Å². The van der Waals surface area contributed by atoms with E-state index in [1.807, 2.05) is 18.2 Å². The molecular formula is C19H16ClN. The number of nitrogens with zero attached hydrogens (tertiary/aromatic N) is 1. The van der Waals surface area contributed by atoms with Crippen LogP contribution in [0.2, 0.25) is 0 Å². The van der Waals surface area contributed by atoms with Crippen molar-refractivity contribution in [3.05, 3.63) is 91.3 Å². The minimum atomic E-state index is 0. The van der Waals surface area contributed by atoms with Gasteiger partial charge in [-0.1, -0.05) is 54.6 Å². The normalized spacial score (nSPS) is 9.52. The molecule has 1 heterocycles. The number of benzene rings is 3. The summed E-state index contributed by atoms with van der Waals surface area (Å²) in [5.41, 5.74) is 0. The first-order valence-corrected chi connectivity index (χ1v) is 6.66. The van der Waals surface area contributed by atoms with Gasteiger partial charge in [0.05, 0.1) is 0 Å². The molecule has 0 aliphatic rings. The molecule has 104 valence electrons. The summed E-state index contributed by atoms with van der Waals surface area (Å²) in [4.78, 5) is 3.78. The highest BCUT2D eigenvalue weighted by Crippen LogP contribution is 2.21. The van der Waals surface area contributed by atoms with Crippen molar-refractivity contribution < 1.29 is 0 Å². The Hall–Kier alpha value is -2.38. The zero-order valence-corrected chi connectivity index (χ0v) is 12.3. The molecule has 0 saturated carbocycles. The molecule has 4 aromatic rings. The summed E-state index contributed by atoms with van der Waals surface area (Å²) in [6, 6.07) is 27.1.